The zero-order chi connectivity index (χ0) is 19.0. The van der Waals surface area contributed by atoms with Gasteiger partial charge >= 0.3 is 0 Å². The van der Waals surface area contributed by atoms with Crippen LogP contribution in [0.3, 0.4) is 0 Å². The molecule has 0 atom stereocenters. The van der Waals surface area contributed by atoms with Crippen LogP contribution in [0.5, 0.6) is 5.75 Å². The molecule has 0 bridgehead atoms. The number of fused-ring (bicyclic) bond motifs is 1. The van der Waals surface area contributed by atoms with Crippen molar-refractivity contribution in [1.29, 1.82) is 0 Å². The van der Waals surface area contributed by atoms with Crippen molar-refractivity contribution in [1.82, 2.24) is 20.0 Å². The van der Waals surface area contributed by atoms with E-state index in [0.717, 1.165) is 24.2 Å². The van der Waals surface area contributed by atoms with Crippen LogP contribution in [0, 0.1) is 6.92 Å². The molecular weight excluding hydrogens is 344 g/mol. The number of benzene rings is 1. The Balaban J connectivity index is 1.40. The van der Waals surface area contributed by atoms with E-state index in [4.69, 9.17) is 0 Å². The van der Waals surface area contributed by atoms with Gasteiger partial charge in [0.15, 0.2) is 0 Å². The fourth-order valence-corrected chi connectivity index (χ4v) is 3.39. The number of nitrogens with one attached hydrogen (secondary N) is 1. The summed E-state index contributed by atoms with van der Waals surface area (Å²) in [4.78, 5) is 26.4. The van der Waals surface area contributed by atoms with Gasteiger partial charge in [-0.3, -0.25) is 14.3 Å². The molecule has 2 N–H and O–H groups in total. The highest BCUT2D eigenvalue weighted by molar-refractivity contribution is 5.97. The van der Waals surface area contributed by atoms with Crippen LogP contribution < -0.4 is 5.32 Å². The summed E-state index contributed by atoms with van der Waals surface area (Å²) in [6.07, 6.45) is 3.22. The molecule has 7 heteroatoms. The van der Waals surface area contributed by atoms with Gasteiger partial charge in [0.2, 0.25) is 5.91 Å². The van der Waals surface area contributed by atoms with Crippen LogP contribution in [0.1, 0.15) is 46.6 Å². The number of phenols is 1. The van der Waals surface area contributed by atoms with Gasteiger partial charge in [0, 0.05) is 25.4 Å². The molecule has 0 spiro atoms. The second kappa shape index (κ2) is 7.06. The molecule has 7 nitrogen and oxygen atoms in total. The first-order valence-electron chi connectivity index (χ1n) is 9.44. The lowest BCUT2D eigenvalue weighted by atomic mass is 10.1. The highest BCUT2D eigenvalue weighted by atomic mass is 16.3. The van der Waals surface area contributed by atoms with Crippen LogP contribution in [0.15, 0.2) is 24.3 Å². The van der Waals surface area contributed by atoms with Crippen molar-refractivity contribution in [2.24, 2.45) is 0 Å². The first kappa shape index (κ1) is 17.6. The van der Waals surface area contributed by atoms with Gasteiger partial charge < -0.3 is 15.3 Å². The Morgan fingerprint density at radius 2 is 2.11 bits per heavy atom. The van der Waals surface area contributed by atoms with E-state index in [9.17, 15) is 14.7 Å². The maximum absolute atomic E-state index is 12.8. The zero-order valence-corrected chi connectivity index (χ0v) is 15.4. The summed E-state index contributed by atoms with van der Waals surface area (Å²) in [5.41, 5.74) is 2.86. The van der Waals surface area contributed by atoms with Gasteiger partial charge in [-0.15, -0.1) is 0 Å². The van der Waals surface area contributed by atoms with Crippen molar-refractivity contribution in [3.63, 3.8) is 0 Å². The van der Waals surface area contributed by atoms with Gasteiger partial charge in [-0.2, -0.15) is 5.10 Å². The molecule has 0 saturated heterocycles. The molecule has 1 saturated carbocycles. The van der Waals surface area contributed by atoms with Crippen molar-refractivity contribution in [2.75, 3.05) is 6.54 Å². The molecule has 142 valence electrons. The molecule has 0 radical (unpaired) electrons. The van der Waals surface area contributed by atoms with Crippen LogP contribution in [-0.4, -0.2) is 44.2 Å². The predicted octanol–water partition coefficient (Wildman–Crippen LogP) is 1.76. The number of carbonyl (C=O) groups is 2. The number of hydrogen-bond donors (Lipinski definition) is 2. The minimum absolute atomic E-state index is 0.0453. The third-order valence-electron chi connectivity index (χ3n) is 5.15. The number of rotatable bonds is 5. The Kier molecular flexibility index (Phi) is 4.59. The lowest BCUT2D eigenvalue weighted by Crippen LogP contribution is -2.38. The zero-order valence-electron chi connectivity index (χ0n) is 15.4. The van der Waals surface area contributed by atoms with Gasteiger partial charge in [-0.25, -0.2) is 0 Å². The monoisotopic (exact) mass is 368 g/mol. The molecular formula is C20H24N4O3. The highest BCUT2D eigenvalue weighted by Gasteiger charge is 2.26. The maximum atomic E-state index is 12.8. The molecule has 2 amide bonds. The van der Waals surface area contributed by atoms with Crippen LogP contribution in [0.25, 0.3) is 0 Å². The second-order valence-corrected chi connectivity index (χ2v) is 7.39. The van der Waals surface area contributed by atoms with E-state index in [2.05, 4.69) is 10.4 Å². The largest absolute Gasteiger partial charge is 0.507 e. The predicted molar refractivity (Wildman–Crippen MR) is 99.3 cm³/mol. The third-order valence-corrected chi connectivity index (χ3v) is 5.15. The van der Waals surface area contributed by atoms with Crippen molar-refractivity contribution in [3.8, 4) is 5.75 Å². The number of para-hydroxylation sites is 1. The van der Waals surface area contributed by atoms with Crippen molar-refractivity contribution < 1.29 is 14.7 Å². The summed E-state index contributed by atoms with van der Waals surface area (Å²) in [5, 5.41) is 17.7. The number of aryl methyl sites for hydroxylation is 2. The third kappa shape index (κ3) is 3.82. The van der Waals surface area contributed by atoms with Crippen molar-refractivity contribution >= 4 is 11.8 Å². The lowest BCUT2D eigenvalue weighted by Gasteiger charge is -2.28. The minimum atomic E-state index is -0.172. The van der Waals surface area contributed by atoms with E-state index in [1.54, 1.807) is 30.0 Å². The van der Waals surface area contributed by atoms with E-state index in [0.29, 0.717) is 49.6 Å². The topological polar surface area (TPSA) is 87.5 Å². The molecule has 1 aromatic carbocycles. The van der Waals surface area contributed by atoms with Gasteiger partial charge in [-0.1, -0.05) is 12.1 Å². The molecule has 2 aromatic rings. The molecule has 27 heavy (non-hydrogen) atoms. The minimum Gasteiger partial charge on any atom is -0.507 e. The Hall–Kier alpha value is -2.83. The lowest BCUT2D eigenvalue weighted by molar-refractivity contribution is -0.121. The first-order valence-corrected chi connectivity index (χ1v) is 9.44. The number of amides is 2. The van der Waals surface area contributed by atoms with Gasteiger partial charge in [0.1, 0.15) is 5.75 Å². The summed E-state index contributed by atoms with van der Waals surface area (Å²) in [7, 11) is 0. The summed E-state index contributed by atoms with van der Waals surface area (Å²) in [6.45, 7) is 3.39. The Morgan fingerprint density at radius 3 is 2.89 bits per heavy atom. The van der Waals surface area contributed by atoms with Gasteiger partial charge in [0.25, 0.3) is 5.91 Å². The number of aromatic hydroxyl groups is 1. The van der Waals surface area contributed by atoms with E-state index in [1.165, 1.54) is 0 Å². The number of carbonyl (C=O) groups excluding carboxylic acids is 2. The number of hydrogen-bond acceptors (Lipinski definition) is 4. The molecule has 1 aliphatic heterocycles. The van der Waals surface area contributed by atoms with E-state index >= 15 is 0 Å². The average Bonchev–Trinajstić information content (AvgIpc) is 3.37. The van der Waals surface area contributed by atoms with E-state index < -0.39 is 0 Å². The number of nitrogens with zero attached hydrogens (tertiary/aromatic N) is 3. The summed E-state index contributed by atoms with van der Waals surface area (Å²) < 4.78 is 1.91. The molecule has 2 heterocycles. The van der Waals surface area contributed by atoms with Crippen molar-refractivity contribution in [3.05, 3.63) is 46.8 Å². The SMILES string of the molecule is Cc1cccc(C(=O)N2CCn3nc(CCC(=O)NC4CC4)cc3C2)c1O. The Bertz CT molecular complexity index is 885. The smallest absolute Gasteiger partial charge is 0.258 e. The molecule has 1 aliphatic carbocycles. The van der Waals surface area contributed by atoms with Crippen LogP contribution in [0.2, 0.25) is 0 Å². The molecule has 0 unspecified atom stereocenters. The Morgan fingerprint density at radius 1 is 1.30 bits per heavy atom. The quantitative estimate of drug-likeness (QED) is 0.842. The highest BCUT2D eigenvalue weighted by Crippen LogP contribution is 2.25. The number of aromatic nitrogens is 2. The molecule has 1 aromatic heterocycles. The number of phenolic OH excluding ortho intramolecular Hbond substituents is 1. The van der Waals surface area contributed by atoms with E-state index in [1.807, 2.05) is 10.7 Å². The molecule has 4 rings (SSSR count). The van der Waals surface area contributed by atoms with Crippen LogP contribution in [0.4, 0.5) is 0 Å². The van der Waals surface area contributed by atoms with Crippen molar-refractivity contribution in [2.45, 2.75) is 51.7 Å². The van der Waals surface area contributed by atoms with E-state index in [-0.39, 0.29) is 17.6 Å². The normalized spacial score (nSPS) is 16.1. The summed E-state index contributed by atoms with van der Waals surface area (Å²) >= 11 is 0. The maximum Gasteiger partial charge on any atom is 0.258 e. The van der Waals surface area contributed by atoms with Gasteiger partial charge in [0.05, 0.1) is 30.0 Å². The average molecular weight is 368 g/mol. The standard InChI is InChI=1S/C20H24N4O3/c1-13-3-2-4-17(19(13)26)20(27)23-9-10-24-16(12-23)11-15(22-24)7-8-18(25)21-14-5-6-14/h2-4,11,14,26H,5-10,12H2,1H3,(H,21,25). The summed E-state index contributed by atoms with van der Waals surface area (Å²) in [5.74, 6) is -0.0480. The summed E-state index contributed by atoms with van der Waals surface area (Å²) in [6, 6.07) is 7.57. The first-order chi connectivity index (χ1) is 13.0. The van der Waals surface area contributed by atoms with Gasteiger partial charge in [-0.05, 0) is 37.5 Å². The van der Waals surface area contributed by atoms with Crippen LogP contribution >= 0.6 is 0 Å². The fourth-order valence-electron chi connectivity index (χ4n) is 3.39. The van der Waals surface area contributed by atoms with Crippen LogP contribution in [-0.2, 0) is 24.3 Å². The Labute approximate surface area is 158 Å². The molecule has 1 fully saturated rings. The molecule has 2 aliphatic rings. The second-order valence-electron chi connectivity index (χ2n) is 7.39. The fraction of sp³-hybridized carbons (Fsp3) is 0.450.